The van der Waals surface area contributed by atoms with Crippen molar-refractivity contribution in [3.8, 4) is 0 Å². The second kappa shape index (κ2) is 19.9. The van der Waals surface area contributed by atoms with Gasteiger partial charge in [-0.15, -0.1) is 0 Å². The largest absolute Gasteiger partial charge is 0.461 e. The normalized spacial score (nSPS) is 33.2. The summed E-state index contributed by atoms with van der Waals surface area (Å²) in [6.07, 6.45) is -11.1. The van der Waals surface area contributed by atoms with E-state index in [4.69, 9.17) is 28.4 Å². The maximum absolute atomic E-state index is 16.3. The van der Waals surface area contributed by atoms with Crippen molar-refractivity contribution in [3.63, 3.8) is 0 Å². The van der Waals surface area contributed by atoms with Crippen molar-refractivity contribution >= 4 is 59.3 Å². The fourth-order valence-electron chi connectivity index (χ4n) is 12.3. The predicted molar refractivity (Wildman–Crippen MR) is 262 cm³/mol. The van der Waals surface area contributed by atoms with Crippen LogP contribution in [0.15, 0.2) is 102 Å². The first-order chi connectivity index (χ1) is 35.1. The number of nitrogens with one attached hydrogen (secondary N) is 3. The minimum Gasteiger partial charge on any atom is -0.461 e. The molecule has 2 saturated carbocycles. The molecule has 3 amide bonds. The molecule has 392 valence electrons. The zero-order chi connectivity index (χ0) is 53.1. The van der Waals surface area contributed by atoms with E-state index in [1.807, 2.05) is 0 Å². The highest BCUT2D eigenvalue weighted by molar-refractivity contribution is 8.00. The number of carbonyl (C=O) groups is 8. The Hall–Kier alpha value is -6.61. The molecular weight excluding hydrogens is 979 g/mol. The minimum absolute atomic E-state index is 0.0303. The number of aliphatic hydroxyl groups is 2. The van der Waals surface area contributed by atoms with Crippen molar-refractivity contribution in [1.82, 2.24) is 16.0 Å². The van der Waals surface area contributed by atoms with Crippen LogP contribution in [0.1, 0.15) is 93.1 Å². The number of Topliss-reactive ketones (excluding diaryl/α,β-unsaturated/α-hetero) is 1. The molecule has 3 unspecified atom stereocenters. The number of carbonyl (C=O) groups excluding carboxylic acids is 8. The number of amides is 3. The monoisotopic (exact) mass is 1040 g/mol. The van der Waals surface area contributed by atoms with Gasteiger partial charge in [0.05, 0.1) is 48.0 Å². The number of ether oxygens (including phenoxy) is 6. The molecule has 0 aromatic heterocycles. The SMILES string of the molecule is CC(=O)O[C@H]1C(=O)[C@]2(C)C(OC(=O)CC3SC[C@@H]4NC(=O)N[C@H]34)C[C@H]3OC[C@@]3(OC(C)=O)C2[C@H](OC(=O)c2ccccc2)[C@]2(O)C[C@H](OC(=O)[C@H](O)[C@@H](NC(=O)c3ccccc3)c3ccccc3)C(C)=C1C2(C)C. The number of fused-ring (bicyclic) bond motifs is 6. The number of ketones is 1. The summed E-state index contributed by atoms with van der Waals surface area (Å²) in [6, 6.07) is 21.8. The summed E-state index contributed by atoms with van der Waals surface area (Å²) in [6.45, 7) is 7.90. The van der Waals surface area contributed by atoms with Crippen molar-refractivity contribution < 1.29 is 77.0 Å². The van der Waals surface area contributed by atoms with Crippen molar-refractivity contribution in [2.45, 2.75) is 132 Å². The van der Waals surface area contributed by atoms with Gasteiger partial charge in [-0.25, -0.2) is 14.4 Å². The average Bonchev–Trinajstić information content (AvgIpc) is 3.92. The summed E-state index contributed by atoms with van der Waals surface area (Å²) in [5, 5.41) is 34.1. The highest BCUT2D eigenvalue weighted by Gasteiger charge is 2.79. The summed E-state index contributed by atoms with van der Waals surface area (Å²) in [7, 11) is 0. The third-order valence-electron chi connectivity index (χ3n) is 16.0. The number of hydrogen-bond donors (Lipinski definition) is 5. The first-order valence-electron chi connectivity index (χ1n) is 24.5. The first kappa shape index (κ1) is 52.3. The Morgan fingerprint density at radius 1 is 0.838 bits per heavy atom. The summed E-state index contributed by atoms with van der Waals surface area (Å²) < 4.78 is 37.6. The van der Waals surface area contributed by atoms with Crippen LogP contribution in [0.4, 0.5) is 4.79 Å². The number of urea groups is 1. The second-order valence-corrected chi connectivity index (χ2v) is 21.9. The van der Waals surface area contributed by atoms with Crippen LogP contribution in [-0.4, -0.2) is 135 Å². The Kier molecular flexibility index (Phi) is 14.1. The number of thioether (sulfide) groups is 1. The lowest BCUT2D eigenvalue weighted by molar-refractivity contribution is -0.346. The second-order valence-electron chi connectivity index (χ2n) is 20.6. The maximum atomic E-state index is 16.3. The molecule has 20 heteroatoms. The summed E-state index contributed by atoms with van der Waals surface area (Å²) in [5.41, 5.74) is -7.59. The molecule has 9 rings (SSSR count). The topological polar surface area (TPSA) is 268 Å². The lowest BCUT2D eigenvalue weighted by Gasteiger charge is -2.67. The molecule has 3 aromatic rings. The molecule has 74 heavy (non-hydrogen) atoms. The van der Waals surface area contributed by atoms with Gasteiger partial charge in [0.15, 0.2) is 23.6 Å². The van der Waals surface area contributed by atoms with Gasteiger partial charge in [-0.1, -0.05) is 80.6 Å². The molecule has 3 aliphatic heterocycles. The molecular formula is C54H59N3O16S. The van der Waals surface area contributed by atoms with Gasteiger partial charge in [-0.05, 0) is 54.8 Å². The number of aliphatic hydroxyl groups excluding tert-OH is 1. The molecule has 5 fully saturated rings. The summed E-state index contributed by atoms with van der Waals surface area (Å²) >= 11 is 1.45. The van der Waals surface area contributed by atoms with E-state index in [1.54, 1.807) is 92.7 Å². The van der Waals surface area contributed by atoms with E-state index in [2.05, 4.69) is 16.0 Å². The first-order valence-corrected chi connectivity index (χ1v) is 25.5. The lowest BCUT2D eigenvalue weighted by Crippen LogP contribution is -2.82. The quantitative estimate of drug-likeness (QED) is 0.0704. The maximum Gasteiger partial charge on any atom is 0.338 e. The van der Waals surface area contributed by atoms with Crippen LogP contribution in [0, 0.1) is 16.7 Å². The third kappa shape index (κ3) is 9.02. The average molecular weight is 1040 g/mol. The Bertz CT molecular complexity index is 2780. The van der Waals surface area contributed by atoms with Gasteiger partial charge in [-0.2, -0.15) is 11.8 Å². The molecule has 5 N–H and O–H groups in total. The molecule has 14 atom stereocenters. The molecule has 19 nitrogen and oxygen atoms in total. The van der Waals surface area contributed by atoms with Crippen molar-refractivity contribution in [2.75, 3.05) is 12.4 Å². The van der Waals surface area contributed by atoms with Gasteiger partial charge in [0.2, 0.25) is 0 Å². The van der Waals surface area contributed by atoms with Gasteiger partial charge in [0, 0.05) is 48.7 Å². The zero-order valence-corrected chi connectivity index (χ0v) is 42.4. The number of benzene rings is 3. The Balaban J connectivity index is 1.18. The molecule has 3 saturated heterocycles. The molecule has 6 aliphatic rings. The zero-order valence-electron chi connectivity index (χ0n) is 41.6. The van der Waals surface area contributed by atoms with Gasteiger partial charge in [-0.3, -0.25) is 24.0 Å². The van der Waals surface area contributed by atoms with Crippen molar-refractivity contribution in [1.29, 1.82) is 0 Å². The number of hydrogen-bond acceptors (Lipinski definition) is 17. The van der Waals surface area contributed by atoms with E-state index in [9.17, 15) is 43.8 Å². The molecule has 3 aliphatic carbocycles. The van der Waals surface area contributed by atoms with E-state index in [-0.39, 0.29) is 53.8 Å². The summed E-state index contributed by atoms with van der Waals surface area (Å²) in [4.78, 5) is 113. The molecule has 3 aromatic carbocycles. The standard InChI is InChI=1S/C54H59N3O16S/c1-27-34(70-49(65)42(61)40(30-16-10-7-11-17-30)56-47(63)31-18-12-8-13-19-31)24-54(67)46(72-48(64)32-20-14-9-15-21-32)44-52(6,45(62)43(69-28(2)58)39(27)51(54,4)5)36(23-37-53(44,26-68-37)73-29(3)59)71-38(60)22-35-41-33(25-74-35)55-50(66)57-41/h7-21,33-37,40-44,46,61,67H,22-26H2,1-6H3,(H,56,63)(H2,55,57,66)/t33-,34-,35?,36?,37+,40-,41-,42+,43+,44?,46-,52+,53-,54+/m0/s1. The Labute approximate surface area is 430 Å². The minimum atomic E-state index is -2.49. The third-order valence-corrected chi connectivity index (χ3v) is 17.5. The number of rotatable bonds is 13. The van der Waals surface area contributed by atoms with E-state index in [1.165, 1.54) is 37.7 Å². The van der Waals surface area contributed by atoms with Crippen molar-refractivity contribution in [3.05, 3.63) is 119 Å². The van der Waals surface area contributed by atoms with Crippen LogP contribution in [0.2, 0.25) is 0 Å². The predicted octanol–water partition coefficient (Wildman–Crippen LogP) is 3.84. The van der Waals surface area contributed by atoms with Gasteiger partial charge in [0.1, 0.15) is 30.0 Å². The highest BCUT2D eigenvalue weighted by atomic mass is 32.2. The number of esters is 5. The van der Waals surface area contributed by atoms with Crippen molar-refractivity contribution in [2.24, 2.45) is 16.7 Å². The van der Waals surface area contributed by atoms with Crippen LogP contribution in [-0.2, 0) is 52.4 Å². The van der Waals surface area contributed by atoms with Gasteiger partial charge in [0.25, 0.3) is 5.91 Å². The van der Waals surface area contributed by atoms with Crippen LogP contribution in [0.5, 0.6) is 0 Å². The molecule has 3 heterocycles. The summed E-state index contributed by atoms with van der Waals surface area (Å²) in [5.74, 6) is -7.40. The fraction of sp³-hybridized carbons (Fsp3) is 0.481. The van der Waals surface area contributed by atoms with Gasteiger partial charge >= 0.3 is 35.9 Å². The molecule has 0 radical (unpaired) electrons. The van der Waals surface area contributed by atoms with Crippen LogP contribution in [0.3, 0.4) is 0 Å². The van der Waals surface area contributed by atoms with Crippen LogP contribution >= 0.6 is 11.8 Å². The van der Waals surface area contributed by atoms with E-state index < -0.39 is 130 Å². The fourth-order valence-corrected chi connectivity index (χ4v) is 13.7. The van der Waals surface area contributed by atoms with E-state index >= 15 is 4.79 Å². The highest BCUT2D eigenvalue weighted by Crippen LogP contribution is 2.65. The van der Waals surface area contributed by atoms with Crippen LogP contribution in [0.25, 0.3) is 0 Å². The van der Waals surface area contributed by atoms with Crippen LogP contribution < -0.4 is 16.0 Å². The van der Waals surface area contributed by atoms with E-state index in [0.29, 0.717) is 11.3 Å². The Morgan fingerprint density at radius 2 is 1.47 bits per heavy atom. The lowest BCUT2D eigenvalue weighted by atomic mass is 9.44. The Morgan fingerprint density at radius 3 is 2.08 bits per heavy atom. The van der Waals surface area contributed by atoms with Gasteiger partial charge < -0.3 is 54.6 Å². The van der Waals surface area contributed by atoms with E-state index in [0.717, 1.165) is 13.8 Å². The molecule has 2 bridgehead atoms. The molecule has 0 spiro atoms. The smallest absolute Gasteiger partial charge is 0.338 e.